The summed E-state index contributed by atoms with van der Waals surface area (Å²) in [5, 5.41) is 0. The van der Waals surface area contributed by atoms with Gasteiger partial charge in [-0.25, -0.2) is 0 Å². The first-order valence-corrected chi connectivity index (χ1v) is 4.93. The fraction of sp³-hybridized carbons (Fsp3) is 0.143. The van der Waals surface area contributed by atoms with Gasteiger partial charge in [0.1, 0.15) is 0 Å². The van der Waals surface area contributed by atoms with Gasteiger partial charge in [0.25, 0.3) is 0 Å². The van der Waals surface area contributed by atoms with Crippen LogP contribution in [0.4, 0.5) is 0 Å². The third kappa shape index (κ3) is 3.11. The molecule has 0 radical (unpaired) electrons. The van der Waals surface area contributed by atoms with E-state index in [0.29, 0.717) is 9.98 Å². The Kier molecular flexibility index (Phi) is 2.99. The lowest BCUT2D eigenvalue weighted by molar-refractivity contribution is 0.354. The van der Waals surface area contributed by atoms with Gasteiger partial charge in [0.15, 0.2) is 0 Å². The number of hydrogen-bond donors (Lipinski definition) is 2. The summed E-state index contributed by atoms with van der Waals surface area (Å²) in [5.41, 5.74) is 0.711. The first kappa shape index (κ1) is 10.1. The molecule has 3 N–H and O–H groups in total. The fourth-order valence-corrected chi connectivity index (χ4v) is 1.16. The molecule has 0 spiro atoms. The molecular weight excluding hydrogens is 192 g/mol. The molecular formula is C7H10N2O3S. The lowest BCUT2D eigenvalue weighted by atomic mass is 10.2. The van der Waals surface area contributed by atoms with Crippen LogP contribution in [0.25, 0.3) is 0 Å². The minimum atomic E-state index is -4.29. The maximum atomic E-state index is 10.5. The fourth-order valence-electron chi connectivity index (χ4n) is 0.845. The van der Waals surface area contributed by atoms with Crippen molar-refractivity contribution in [1.29, 1.82) is 0 Å². The van der Waals surface area contributed by atoms with Gasteiger partial charge < -0.3 is 0 Å². The van der Waals surface area contributed by atoms with Crippen molar-refractivity contribution < 1.29 is 13.0 Å². The number of hydrazine groups is 1. The van der Waals surface area contributed by atoms with E-state index in [1.54, 1.807) is 30.3 Å². The monoisotopic (exact) mass is 202 g/mol. The molecule has 72 valence electrons. The van der Waals surface area contributed by atoms with Gasteiger partial charge in [0, 0.05) is 0 Å². The zero-order valence-corrected chi connectivity index (χ0v) is 7.61. The van der Waals surface area contributed by atoms with Crippen LogP contribution in [0.5, 0.6) is 0 Å². The molecule has 1 rings (SSSR count). The predicted octanol–water partition coefficient (Wildman–Crippen LogP) is 0.165. The average molecular weight is 202 g/mol. The summed E-state index contributed by atoms with van der Waals surface area (Å²) in [6.45, 7) is -0.0420. The molecule has 0 saturated carbocycles. The van der Waals surface area contributed by atoms with Crippen LogP contribution in [-0.4, -0.2) is 17.4 Å². The van der Waals surface area contributed by atoms with Crippen LogP contribution in [0.15, 0.2) is 30.3 Å². The van der Waals surface area contributed by atoms with E-state index in [1.807, 2.05) is 0 Å². The van der Waals surface area contributed by atoms with E-state index >= 15 is 0 Å². The molecule has 5 nitrogen and oxygen atoms in total. The highest BCUT2D eigenvalue weighted by molar-refractivity contribution is 7.83. The Morgan fingerprint density at radius 2 is 1.85 bits per heavy atom. The highest BCUT2D eigenvalue weighted by Crippen LogP contribution is 2.02. The number of nitrogens with two attached hydrogens (primary N) is 1. The van der Waals surface area contributed by atoms with Crippen LogP contribution in [0.1, 0.15) is 5.56 Å². The van der Waals surface area contributed by atoms with Crippen molar-refractivity contribution in [2.45, 2.75) is 6.54 Å². The van der Waals surface area contributed by atoms with Gasteiger partial charge in [0.05, 0.1) is 6.54 Å². The highest BCUT2D eigenvalue weighted by Gasteiger charge is 2.13. The number of hydrogen-bond acceptors (Lipinski definition) is 3. The molecule has 0 atom stereocenters. The van der Waals surface area contributed by atoms with Gasteiger partial charge >= 0.3 is 10.3 Å². The molecule has 0 heterocycles. The summed E-state index contributed by atoms with van der Waals surface area (Å²) in [6.07, 6.45) is 0. The van der Waals surface area contributed by atoms with Crippen molar-refractivity contribution in [2.75, 3.05) is 0 Å². The molecule has 0 amide bonds. The van der Waals surface area contributed by atoms with Crippen molar-refractivity contribution in [2.24, 2.45) is 5.84 Å². The van der Waals surface area contributed by atoms with Crippen molar-refractivity contribution >= 4 is 10.3 Å². The molecule has 0 unspecified atom stereocenters. The second-order valence-corrected chi connectivity index (χ2v) is 3.87. The van der Waals surface area contributed by atoms with Crippen LogP contribution in [0.2, 0.25) is 0 Å². The Morgan fingerprint density at radius 1 is 1.31 bits per heavy atom. The number of nitrogens with zero attached hydrogens (tertiary/aromatic N) is 1. The molecule has 1 aromatic carbocycles. The highest BCUT2D eigenvalue weighted by atomic mass is 32.2. The van der Waals surface area contributed by atoms with Crippen molar-refractivity contribution in [1.82, 2.24) is 4.41 Å². The Bertz CT molecular complexity index is 363. The van der Waals surface area contributed by atoms with Crippen molar-refractivity contribution in [3.63, 3.8) is 0 Å². The van der Waals surface area contributed by atoms with Gasteiger partial charge in [-0.2, -0.15) is 8.42 Å². The van der Waals surface area contributed by atoms with E-state index in [2.05, 4.69) is 0 Å². The topological polar surface area (TPSA) is 83.6 Å². The average Bonchev–Trinajstić information content (AvgIpc) is 2.04. The normalized spacial score (nSPS) is 11.9. The predicted molar refractivity (Wildman–Crippen MR) is 47.7 cm³/mol. The standard InChI is InChI=1S/C7H10N2O3S/c8-9(13(10,11)12)6-7-4-2-1-3-5-7/h1-5H,6,8H2,(H,10,11,12). The van der Waals surface area contributed by atoms with Gasteiger partial charge in [0.2, 0.25) is 0 Å². The lowest BCUT2D eigenvalue weighted by Crippen LogP contribution is -2.36. The van der Waals surface area contributed by atoms with Gasteiger partial charge in [-0.1, -0.05) is 30.3 Å². The maximum absolute atomic E-state index is 10.5. The summed E-state index contributed by atoms with van der Waals surface area (Å²) >= 11 is 0. The van der Waals surface area contributed by atoms with Crippen molar-refractivity contribution in [3.8, 4) is 0 Å². The van der Waals surface area contributed by atoms with E-state index in [4.69, 9.17) is 10.4 Å². The maximum Gasteiger partial charge on any atom is 0.349 e. The molecule has 0 fully saturated rings. The van der Waals surface area contributed by atoms with Gasteiger partial charge in [-0.15, -0.1) is 4.41 Å². The SMILES string of the molecule is NN(Cc1ccccc1)S(=O)(=O)O. The molecule has 0 aliphatic rings. The van der Waals surface area contributed by atoms with Crippen LogP contribution in [-0.2, 0) is 16.8 Å². The Hall–Kier alpha value is -0.950. The van der Waals surface area contributed by atoms with E-state index in [1.165, 1.54) is 0 Å². The summed E-state index contributed by atoms with van der Waals surface area (Å²) in [5.74, 6) is 5.08. The van der Waals surface area contributed by atoms with Crippen LogP contribution in [0.3, 0.4) is 0 Å². The smallest absolute Gasteiger partial charge is 0.272 e. The quantitative estimate of drug-likeness (QED) is 0.415. The summed E-state index contributed by atoms with van der Waals surface area (Å²) in [7, 11) is -4.29. The molecule has 0 bridgehead atoms. The molecule has 1 aromatic rings. The van der Waals surface area contributed by atoms with Crippen molar-refractivity contribution in [3.05, 3.63) is 35.9 Å². The molecule has 0 saturated heterocycles. The first-order chi connectivity index (χ1) is 6.00. The molecule has 0 aliphatic carbocycles. The molecule has 0 aromatic heterocycles. The number of benzene rings is 1. The Labute approximate surface area is 76.6 Å². The molecule has 13 heavy (non-hydrogen) atoms. The zero-order valence-electron chi connectivity index (χ0n) is 6.79. The minimum absolute atomic E-state index is 0.0420. The van der Waals surface area contributed by atoms with Crippen LogP contribution >= 0.6 is 0 Å². The molecule has 6 heteroatoms. The number of rotatable bonds is 3. The first-order valence-electron chi connectivity index (χ1n) is 3.54. The lowest BCUT2D eigenvalue weighted by Gasteiger charge is -2.11. The summed E-state index contributed by atoms with van der Waals surface area (Å²) in [4.78, 5) is 0. The summed E-state index contributed by atoms with van der Waals surface area (Å²) in [6, 6.07) is 8.74. The van der Waals surface area contributed by atoms with Gasteiger partial charge in [-0.05, 0) is 5.56 Å². The summed E-state index contributed by atoms with van der Waals surface area (Å²) < 4.78 is 29.9. The van der Waals surface area contributed by atoms with E-state index < -0.39 is 10.3 Å². The Morgan fingerprint density at radius 3 is 2.31 bits per heavy atom. The van der Waals surface area contributed by atoms with Gasteiger partial charge in [-0.3, -0.25) is 10.4 Å². The second-order valence-electron chi connectivity index (χ2n) is 2.51. The van der Waals surface area contributed by atoms with Crippen LogP contribution < -0.4 is 5.84 Å². The molecule has 0 aliphatic heterocycles. The minimum Gasteiger partial charge on any atom is -0.272 e. The zero-order chi connectivity index (χ0) is 9.90. The third-order valence-corrected chi connectivity index (χ3v) is 2.20. The Balaban J connectivity index is 2.72. The third-order valence-electron chi connectivity index (χ3n) is 1.48. The van der Waals surface area contributed by atoms with E-state index in [-0.39, 0.29) is 6.54 Å². The van der Waals surface area contributed by atoms with Crippen LogP contribution in [0, 0.1) is 0 Å². The van der Waals surface area contributed by atoms with E-state index in [9.17, 15) is 8.42 Å². The second kappa shape index (κ2) is 3.84. The largest absolute Gasteiger partial charge is 0.349 e. The van der Waals surface area contributed by atoms with E-state index in [0.717, 1.165) is 0 Å².